The second-order valence-corrected chi connectivity index (χ2v) is 13.0. The Morgan fingerprint density at radius 2 is 1.77 bits per heavy atom. The zero-order valence-corrected chi connectivity index (χ0v) is 20.7. The number of aliphatic hydroxyl groups excluding tert-OH is 2. The van der Waals surface area contributed by atoms with Crippen molar-refractivity contribution in [3.05, 3.63) is 11.6 Å². The average Bonchev–Trinajstić information content (AvgIpc) is 2.99. The maximum Gasteiger partial charge on any atom is 0.0602 e. The molecule has 176 valence electrons. The van der Waals surface area contributed by atoms with Crippen LogP contribution < -0.4 is 0 Å². The second-order valence-electron chi connectivity index (χ2n) is 13.0. The van der Waals surface area contributed by atoms with Crippen molar-refractivity contribution < 1.29 is 10.2 Å². The topological polar surface area (TPSA) is 43.7 Å². The quantitative estimate of drug-likeness (QED) is 0.588. The van der Waals surface area contributed by atoms with Gasteiger partial charge in [0.05, 0.1) is 12.2 Å². The van der Waals surface area contributed by atoms with E-state index in [-0.39, 0.29) is 17.6 Å². The summed E-state index contributed by atoms with van der Waals surface area (Å²) >= 11 is 0. The maximum absolute atomic E-state index is 11.6. The lowest BCUT2D eigenvalue weighted by Gasteiger charge is -2.57. The van der Waals surface area contributed by atoms with Crippen molar-refractivity contribution in [2.45, 2.75) is 104 Å². The van der Waals surface area contributed by atoms with Gasteiger partial charge in [0.1, 0.15) is 0 Å². The summed E-state index contributed by atoms with van der Waals surface area (Å²) in [6.07, 6.45) is 12.7. The van der Waals surface area contributed by atoms with Gasteiger partial charge in [0, 0.05) is 18.0 Å². The molecular weight excluding hydrogens is 382 g/mol. The number of allylic oxidation sites excluding steroid dienone is 1. The van der Waals surface area contributed by atoms with Crippen LogP contribution in [0.2, 0.25) is 0 Å². The molecule has 4 aliphatic carbocycles. The summed E-state index contributed by atoms with van der Waals surface area (Å²) < 4.78 is 0. The Balaban J connectivity index is 1.40. The monoisotopic (exact) mass is 429 g/mol. The second kappa shape index (κ2) is 7.84. The van der Waals surface area contributed by atoms with Gasteiger partial charge in [0.25, 0.3) is 0 Å². The summed E-state index contributed by atoms with van der Waals surface area (Å²) in [5.41, 5.74) is 1.89. The predicted molar refractivity (Wildman–Crippen MR) is 127 cm³/mol. The molecule has 3 nitrogen and oxygen atoms in total. The highest BCUT2D eigenvalue weighted by Crippen LogP contribution is 2.66. The fourth-order valence-corrected chi connectivity index (χ4v) is 9.70. The van der Waals surface area contributed by atoms with Crippen molar-refractivity contribution in [3.63, 3.8) is 0 Å². The lowest BCUT2D eigenvalue weighted by molar-refractivity contribution is -0.0729. The van der Waals surface area contributed by atoms with Gasteiger partial charge in [-0.05, 0) is 106 Å². The normalized spacial score (nSPS) is 53.8. The number of fused-ring (bicyclic) bond motifs is 5. The summed E-state index contributed by atoms with van der Waals surface area (Å²) in [4.78, 5) is 2.61. The largest absolute Gasteiger partial charge is 0.393 e. The van der Waals surface area contributed by atoms with E-state index in [1.807, 2.05) is 0 Å². The van der Waals surface area contributed by atoms with Crippen LogP contribution in [0, 0.1) is 46.3 Å². The fraction of sp³-hybridized carbons (Fsp3) is 0.929. The molecular formula is C28H47NO2. The Kier molecular flexibility index (Phi) is 5.67. The SMILES string of the molecule is C[C@H]1CC[C@@H]([C@@H](C)[C@]2(C)[C@@H]3CC[C@H]4[C@@H](CC=C5C[C@@H](O)CC[C@@]54C)[C@H]3C[C@@H]2O)N(C)C1. The average molecular weight is 430 g/mol. The molecule has 1 heterocycles. The first-order valence-corrected chi connectivity index (χ1v) is 13.4. The maximum atomic E-state index is 11.6. The van der Waals surface area contributed by atoms with Crippen molar-refractivity contribution in [1.82, 2.24) is 4.90 Å². The van der Waals surface area contributed by atoms with Gasteiger partial charge in [-0.2, -0.15) is 0 Å². The molecule has 1 saturated heterocycles. The van der Waals surface area contributed by atoms with Gasteiger partial charge >= 0.3 is 0 Å². The van der Waals surface area contributed by atoms with Crippen molar-refractivity contribution >= 4 is 0 Å². The number of aliphatic hydroxyl groups is 2. The molecule has 0 radical (unpaired) electrons. The zero-order chi connectivity index (χ0) is 22.1. The third-order valence-corrected chi connectivity index (χ3v) is 11.7. The van der Waals surface area contributed by atoms with Crippen molar-refractivity contribution in [3.8, 4) is 0 Å². The van der Waals surface area contributed by atoms with Crippen molar-refractivity contribution in [2.24, 2.45) is 46.3 Å². The van der Waals surface area contributed by atoms with Crippen molar-refractivity contribution in [1.29, 1.82) is 0 Å². The van der Waals surface area contributed by atoms with Crippen LogP contribution in [-0.2, 0) is 0 Å². The van der Waals surface area contributed by atoms with Gasteiger partial charge in [-0.25, -0.2) is 0 Å². The number of hydrogen-bond acceptors (Lipinski definition) is 3. The van der Waals surface area contributed by atoms with Crippen LogP contribution in [0.5, 0.6) is 0 Å². The van der Waals surface area contributed by atoms with E-state index in [9.17, 15) is 10.2 Å². The van der Waals surface area contributed by atoms with Gasteiger partial charge in [-0.15, -0.1) is 0 Å². The molecule has 0 unspecified atom stereocenters. The molecule has 2 N–H and O–H groups in total. The van der Waals surface area contributed by atoms with Gasteiger partial charge in [0.2, 0.25) is 0 Å². The van der Waals surface area contributed by atoms with Crippen LogP contribution in [-0.4, -0.2) is 47.0 Å². The smallest absolute Gasteiger partial charge is 0.0602 e. The molecule has 0 aromatic rings. The summed E-state index contributed by atoms with van der Waals surface area (Å²) in [5, 5.41) is 21.8. The van der Waals surface area contributed by atoms with E-state index in [0.29, 0.717) is 29.2 Å². The van der Waals surface area contributed by atoms with E-state index in [2.05, 4.69) is 45.7 Å². The lowest BCUT2D eigenvalue weighted by atomic mass is 9.48. The third-order valence-electron chi connectivity index (χ3n) is 11.7. The van der Waals surface area contributed by atoms with E-state index >= 15 is 0 Å². The first kappa shape index (κ1) is 22.4. The number of likely N-dealkylation sites (tertiary alicyclic amines) is 1. The molecule has 5 rings (SSSR count). The molecule has 5 aliphatic rings. The van der Waals surface area contributed by atoms with E-state index in [4.69, 9.17) is 0 Å². The highest BCUT2D eigenvalue weighted by molar-refractivity contribution is 5.25. The van der Waals surface area contributed by atoms with Gasteiger partial charge in [0.15, 0.2) is 0 Å². The zero-order valence-electron chi connectivity index (χ0n) is 20.7. The molecule has 0 aromatic heterocycles. The molecule has 3 heteroatoms. The molecule has 11 atom stereocenters. The minimum Gasteiger partial charge on any atom is -0.393 e. The first-order chi connectivity index (χ1) is 14.7. The van der Waals surface area contributed by atoms with Gasteiger partial charge in [-0.1, -0.05) is 39.3 Å². The molecule has 0 aromatic carbocycles. The standard InChI is InChI=1S/C28H47NO2/c1-17-6-11-25(29(5)16-17)18(2)28(4)24-10-9-23-21(22(24)15-26(28)31)8-7-19-14-20(30)12-13-27(19,23)3/h7,17-18,20-26,30-31H,6,8-16H2,1-5H3/t17-,18+,20-,21-,22+,23-,24+,25-,26-,27-,28+/m0/s1. The van der Waals surface area contributed by atoms with Crippen LogP contribution in [0.3, 0.4) is 0 Å². The molecule has 1 aliphatic heterocycles. The summed E-state index contributed by atoms with van der Waals surface area (Å²) in [6.45, 7) is 11.0. The molecule has 4 fully saturated rings. The third kappa shape index (κ3) is 3.31. The number of hydrogen-bond donors (Lipinski definition) is 2. The Morgan fingerprint density at radius 3 is 2.52 bits per heavy atom. The van der Waals surface area contributed by atoms with Crippen LogP contribution >= 0.6 is 0 Å². The van der Waals surface area contributed by atoms with Crippen LogP contribution in [0.1, 0.15) is 85.5 Å². The van der Waals surface area contributed by atoms with Crippen LogP contribution in [0.4, 0.5) is 0 Å². The summed E-state index contributed by atoms with van der Waals surface area (Å²) in [7, 11) is 2.32. The molecule has 3 saturated carbocycles. The Morgan fingerprint density at radius 1 is 1.03 bits per heavy atom. The Hall–Kier alpha value is -0.380. The Labute approximate surface area is 190 Å². The van der Waals surface area contributed by atoms with Gasteiger partial charge in [-0.3, -0.25) is 0 Å². The molecule has 0 bridgehead atoms. The van der Waals surface area contributed by atoms with Crippen molar-refractivity contribution in [2.75, 3.05) is 13.6 Å². The summed E-state index contributed by atoms with van der Waals surface area (Å²) in [5.74, 6) is 4.17. The van der Waals surface area contributed by atoms with Crippen LogP contribution in [0.15, 0.2) is 11.6 Å². The van der Waals surface area contributed by atoms with E-state index in [1.165, 1.54) is 38.6 Å². The number of nitrogens with zero attached hydrogens (tertiary/aromatic N) is 1. The number of rotatable bonds is 2. The number of piperidine rings is 1. The molecule has 0 amide bonds. The molecule has 0 spiro atoms. The van der Waals surface area contributed by atoms with Gasteiger partial charge < -0.3 is 15.1 Å². The molecule has 31 heavy (non-hydrogen) atoms. The first-order valence-electron chi connectivity index (χ1n) is 13.4. The Bertz CT molecular complexity index is 720. The van der Waals surface area contributed by atoms with Crippen LogP contribution in [0.25, 0.3) is 0 Å². The van der Waals surface area contributed by atoms with E-state index in [1.54, 1.807) is 5.57 Å². The lowest BCUT2D eigenvalue weighted by Crippen LogP contribution is -2.54. The van der Waals surface area contributed by atoms with E-state index in [0.717, 1.165) is 43.4 Å². The highest BCUT2D eigenvalue weighted by atomic mass is 16.3. The fourth-order valence-electron chi connectivity index (χ4n) is 9.70. The highest BCUT2D eigenvalue weighted by Gasteiger charge is 2.62. The predicted octanol–water partition coefficient (Wildman–Crippen LogP) is 5.26. The summed E-state index contributed by atoms with van der Waals surface area (Å²) in [6, 6.07) is 0.613. The van der Waals surface area contributed by atoms with E-state index < -0.39 is 0 Å². The minimum absolute atomic E-state index is 0.0444. The minimum atomic E-state index is -0.157.